The van der Waals surface area contributed by atoms with E-state index in [-0.39, 0.29) is 24.4 Å². The van der Waals surface area contributed by atoms with Crippen molar-refractivity contribution in [3.8, 4) is 0 Å². The zero-order valence-corrected chi connectivity index (χ0v) is 16.0. The first-order valence-corrected chi connectivity index (χ1v) is 10.0. The second kappa shape index (κ2) is 6.77. The molecule has 2 bridgehead atoms. The Morgan fingerprint density at radius 2 is 2.11 bits per heavy atom. The van der Waals surface area contributed by atoms with E-state index in [9.17, 15) is 9.59 Å². The summed E-state index contributed by atoms with van der Waals surface area (Å²) >= 11 is 0. The lowest BCUT2D eigenvalue weighted by molar-refractivity contribution is -0.120. The first-order chi connectivity index (χ1) is 13.6. The molecule has 148 valence electrons. The average molecular weight is 383 g/mol. The van der Waals surface area contributed by atoms with Crippen LogP contribution >= 0.6 is 0 Å². The van der Waals surface area contributed by atoms with Gasteiger partial charge in [0.2, 0.25) is 5.91 Å². The average Bonchev–Trinajstić information content (AvgIpc) is 3.14. The predicted molar refractivity (Wildman–Crippen MR) is 104 cm³/mol. The number of hydrogen-bond acceptors (Lipinski definition) is 6. The van der Waals surface area contributed by atoms with Gasteiger partial charge in [0.25, 0.3) is 5.91 Å². The lowest BCUT2D eigenvalue weighted by atomic mass is 9.79. The number of nitrogens with one attached hydrogen (secondary N) is 2. The summed E-state index contributed by atoms with van der Waals surface area (Å²) in [6.45, 7) is 6.03. The van der Waals surface area contributed by atoms with Crippen LogP contribution in [0.4, 0.5) is 5.88 Å². The van der Waals surface area contributed by atoms with Crippen LogP contribution in [0.3, 0.4) is 0 Å². The van der Waals surface area contributed by atoms with E-state index in [0.29, 0.717) is 42.2 Å². The Morgan fingerprint density at radius 1 is 1.29 bits per heavy atom. The molecule has 4 fully saturated rings. The first kappa shape index (κ1) is 17.5. The van der Waals surface area contributed by atoms with Gasteiger partial charge in [-0.3, -0.25) is 19.5 Å². The summed E-state index contributed by atoms with van der Waals surface area (Å²) in [5.74, 6) is 1.02. The molecule has 0 radical (unpaired) electrons. The SMILES string of the molecule is CC1C(NC(=O)c2cc3oc(N4CCNC(=O)C4)cc3cn2)C2CCN1CC2. The van der Waals surface area contributed by atoms with Crippen LogP contribution in [-0.2, 0) is 4.79 Å². The van der Waals surface area contributed by atoms with Gasteiger partial charge in [-0.2, -0.15) is 0 Å². The van der Waals surface area contributed by atoms with Crippen molar-refractivity contribution < 1.29 is 14.0 Å². The van der Waals surface area contributed by atoms with Crippen LogP contribution in [0.15, 0.2) is 22.7 Å². The Kier molecular flexibility index (Phi) is 4.23. The zero-order valence-electron chi connectivity index (χ0n) is 16.0. The molecule has 28 heavy (non-hydrogen) atoms. The molecule has 0 aromatic carbocycles. The molecular formula is C20H25N5O3. The van der Waals surface area contributed by atoms with E-state index in [1.807, 2.05) is 11.0 Å². The van der Waals surface area contributed by atoms with Crippen molar-refractivity contribution in [2.75, 3.05) is 37.6 Å². The maximum Gasteiger partial charge on any atom is 0.270 e. The van der Waals surface area contributed by atoms with Crippen molar-refractivity contribution in [1.29, 1.82) is 0 Å². The normalized spacial score (nSPS) is 29.8. The number of hydrogen-bond donors (Lipinski definition) is 2. The topological polar surface area (TPSA) is 90.7 Å². The third-order valence-electron chi connectivity index (χ3n) is 6.45. The molecule has 0 saturated carbocycles. The van der Waals surface area contributed by atoms with Gasteiger partial charge in [0, 0.05) is 48.9 Å². The highest BCUT2D eigenvalue weighted by molar-refractivity contribution is 5.96. The highest BCUT2D eigenvalue weighted by Crippen LogP contribution is 2.32. The first-order valence-electron chi connectivity index (χ1n) is 10.0. The second-order valence-electron chi connectivity index (χ2n) is 8.08. The fourth-order valence-electron chi connectivity index (χ4n) is 4.80. The number of piperazine rings is 1. The van der Waals surface area contributed by atoms with E-state index in [1.54, 1.807) is 12.3 Å². The third-order valence-corrected chi connectivity index (χ3v) is 6.45. The monoisotopic (exact) mass is 383 g/mol. The van der Waals surface area contributed by atoms with Gasteiger partial charge in [0.1, 0.15) is 11.3 Å². The number of anilines is 1. The molecule has 0 aliphatic carbocycles. The molecule has 6 heterocycles. The molecule has 2 atom stereocenters. The molecule has 4 aliphatic rings. The van der Waals surface area contributed by atoms with Gasteiger partial charge in [0.05, 0.1) is 6.54 Å². The molecule has 6 rings (SSSR count). The van der Waals surface area contributed by atoms with E-state index in [1.165, 1.54) is 0 Å². The molecule has 4 aliphatic heterocycles. The van der Waals surface area contributed by atoms with Gasteiger partial charge < -0.3 is 20.0 Å². The van der Waals surface area contributed by atoms with Crippen molar-refractivity contribution >= 4 is 28.7 Å². The Hall–Kier alpha value is -2.61. The van der Waals surface area contributed by atoms with Crippen LogP contribution in [0.2, 0.25) is 0 Å². The number of nitrogens with zero attached hydrogens (tertiary/aromatic N) is 3. The number of aromatic nitrogens is 1. The molecule has 2 aromatic rings. The minimum atomic E-state index is -0.150. The van der Waals surface area contributed by atoms with E-state index >= 15 is 0 Å². The number of piperidine rings is 3. The maximum atomic E-state index is 12.8. The van der Waals surface area contributed by atoms with E-state index in [4.69, 9.17) is 4.42 Å². The molecular weight excluding hydrogens is 358 g/mol. The molecule has 8 nitrogen and oxygen atoms in total. The summed E-state index contributed by atoms with van der Waals surface area (Å²) < 4.78 is 5.92. The molecule has 2 N–H and O–H groups in total. The van der Waals surface area contributed by atoms with E-state index < -0.39 is 0 Å². The summed E-state index contributed by atoms with van der Waals surface area (Å²) in [5, 5.41) is 6.84. The minimum absolute atomic E-state index is 0.0171. The van der Waals surface area contributed by atoms with Gasteiger partial charge in [-0.1, -0.05) is 0 Å². The van der Waals surface area contributed by atoms with Gasteiger partial charge in [-0.05, 0) is 38.8 Å². The number of carbonyl (C=O) groups is 2. The minimum Gasteiger partial charge on any atom is -0.440 e. The Labute approximate surface area is 163 Å². The molecule has 2 unspecified atom stereocenters. The lowest BCUT2D eigenvalue weighted by Gasteiger charge is -2.49. The highest BCUT2D eigenvalue weighted by Gasteiger charge is 2.40. The number of rotatable bonds is 3. The van der Waals surface area contributed by atoms with Crippen LogP contribution in [0.1, 0.15) is 30.3 Å². The fraction of sp³-hybridized carbons (Fsp3) is 0.550. The molecule has 2 aromatic heterocycles. The number of pyridine rings is 1. The predicted octanol–water partition coefficient (Wildman–Crippen LogP) is 0.976. The van der Waals surface area contributed by atoms with Crippen molar-refractivity contribution in [3.05, 3.63) is 24.0 Å². The van der Waals surface area contributed by atoms with E-state index in [2.05, 4.69) is 27.4 Å². The Bertz CT molecular complexity index is 916. The fourth-order valence-corrected chi connectivity index (χ4v) is 4.80. The van der Waals surface area contributed by atoms with Crippen LogP contribution in [-0.4, -0.2) is 66.5 Å². The summed E-state index contributed by atoms with van der Waals surface area (Å²) in [6.07, 6.45) is 3.96. The summed E-state index contributed by atoms with van der Waals surface area (Å²) in [6, 6.07) is 4.11. The van der Waals surface area contributed by atoms with Gasteiger partial charge in [-0.15, -0.1) is 0 Å². The smallest absolute Gasteiger partial charge is 0.270 e. The highest BCUT2D eigenvalue weighted by atomic mass is 16.4. The number of furan rings is 1. The number of amides is 2. The number of fused-ring (bicyclic) bond motifs is 4. The van der Waals surface area contributed by atoms with Crippen molar-refractivity contribution in [1.82, 2.24) is 20.5 Å². The van der Waals surface area contributed by atoms with Crippen LogP contribution in [0.5, 0.6) is 0 Å². The Morgan fingerprint density at radius 3 is 2.86 bits per heavy atom. The zero-order chi connectivity index (χ0) is 19.3. The summed E-state index contributed by atoms with van der Waals surface area (Å²) in [4.78, 5) is 33.1. The van der Waals surface area contributed by atoms with Crippen LogP contribution < -0.4 is 15.5 Å². The lowest BCUT2D eigenvalue weighted by Crippen LogP contribution is -2.62. The summed E-state index contributed by atoms with van der Waals surface area (Å²) in [7, 11) is 0. The van der Waals surface area contributed by atoms with Gasteiger partial charge in [0.15, 0.2) is 5.88 Å². The van der Waals surface area contributed by atoms with Gasteiger partial charge in [-0.25, -0.2) is 0 Å². The molecule has 8 heteroatoms. The summed E-state index contributed by atoms with van der Waals surface area (Å²) in [5.41, 5.74) is 0.983. The van der Waals surface area contributed by atoms with Crippen LogP contribution in [0, 0.1) is 5.92 Å². The molecule has 0 spiro atoms. The largest absolute Gasteiger partial charge is 0.440 e. The third kappa shape index (κ3) is 3.01. The standard InChI is InChI=1S/C20H25N5O3/c1-12-19(13-2-5-24(12)6-3-13)23-20(27)15-9-16-14(10-22-15)8-18(28-16)25-7-4-21-17(26)11-25/h8-10,12-13,19H,2-7,11H2,1H3,(H,21,26)(H,23,27). The molecule has 2 amide bonds. The van der Waals surface area contributed by atoms with E-state index in [0.717, 1.165) is 31.3 Å². The quantitative estimate of drug-likeness (QED) is 0.821. The van der Waals surface area contributed by atoms with Crippen molar-refractivity contribution in [2.45, 2.75) is 31.8 Å². The Balaban J connectivity index is 1.34. The van der Waals surface area contributed by atoms with Crippen molar-refractivity contribution in [2.24, 2.45) is 5.92 Å². The molecule has 4 saturated heterocycles. The van der Waals surface area contributed by atoms with Gasteiger partial charge >= 0.3 is 0 Å². The maximum absolute atomic E-state index is 12.8. The van der Waals surface area contributed by atoms with Crippen molar-refractivity contribution in [3.63, 3.8) is 0 Å². The van der Waals surface area contributed by atoms with Crippen LogP contribution in [0.25, 0.3) is 11.0 Å². The number of carbonyl (C=O) groups excluding carboxylic acids is 2. The second-order valence-corrected chi connectivity index (χ2v) is 8.08.